The second-order valence-corrected chi connectivity index (χ2v) is 4.91. The number of halogens is 1. The Morgan fingerprint density at radius 2 is 2.10 bits per heavy atom. The Kier molecular flexibility index (Phi) is 3.92. The number of amides is 1. The molecule has 1 amide bonds. The summed E-state index contributed by atoms with van der Waals surface area (Å²) in [5, 5.41) is 3.06. The quantitative estimate of drug-likeness (QED) is 0.926. The first-order valence-corrected chi connectivity index (χ1v) is 6.93. The highest BCUT2D eigenvalue weighted by molar-refractivity contribution is 6.32. The van der Waals surface area contributed by atoms with Gasteiger partial charge in [-0.25, -0.2) is 4.98 Å². The molecule has 1 aromatic carbocycles. The smallest absolute Gasteiger partial charge is 0.257 e. The molecule has 21 heavy (non-hydrogen) atoms. The van der Waals surface area contributed by atoms with Gasteiger partial charge in [0.05, 0.1) is 18.2 Å². The minimum atomic E-state index is -0.300. The summed E-state index contributed by atoms with van der Waals surface area (Å²) in [5.74, 6) is 1.16. The molecule has 0 unspecified atom stereocenters. The molecule has 1 N–H and O–H groups in total. The standard InChI is InChI=1S/C15H13ClN2O3/c16-11-8-10(9-12-14(11)21-7-3-6-20-12)15(19)18-13-4-1-2-5-17-13/h1-2,4-5,8-9H,3,6-7H2,(H,17,18,19). The monoisotopic (exact) mass is 304 g/mol. The van der Waals surface area contributed by atoms with Gasteiger partial charge in [-0.15, -0.1) is 0 Å². The van der Waals surface area contributed by atoms with Crippen molar-refractivity contribution in [3.8, 4) is 11.5 Å². The molecule has 1 aliphatic heterocycles. The SMILES string of the molecule is O=C(Nc1ccccn1)c1cc(Cl)c2c(c1)OCCCO2. The van der Waals surface area contributed by atoms with Crippen molar-refractivity contribution in [2.24, 2.45) is 0 Å². The number of ether oxygens (including phenoxy) is 2. The van der Waals surface area contributed by atoms with E-state index in [0.717, 1.165) is 6.42 Å². The Bertz CT molecular complexity index is 661. The molecule has 0 saturated heterocycles. The maximum absolute atomic E-state index is 12.2. The van der Waals surface area contributed by atoms with Gasteiger partial charge in [0.1, 0.15) is 5.82 Å². The van der Waals surface area contributed by atoms with Crippen LogP contribution in [0.3, 0.4) is 0 Å². The Balaban J connectivity index is 1.87. The van der Waals surface area contributed by atoms with Crippen molar-refractivity contribution < 1.29 is 14.3 Å². The lowest BCUT2D eigenvalue weighted by molar-refractivity contribution is 0.102. The third-order valence-corrected chi connectivity index (χ3v) is 3.25. The lowest BCUT2D eigenvalue weighted by atomic mass is 10.2. The van der Waals surface area contributed by atoms with Crippen molar-refractivity contribution in [1.82, 2.24) is 4.98 Å². The van der Waals surface area contributed by atoms with Crippen molar-refractivity contribution in [2.45, 2.75) is 6.42 Å². The number of carbonyl (C=O) groups excluding carboxylic acids is 1. The average molecular weight is 305 g/mol. The van der Waals surface area contributed by atoms with Gasteiger partial charge in [0.2, 0.25) is 0 Å². The summed E-state index contributed by atoms with van der Waals surface area (Å²) < 4.78 is 11.1. The van der Waals surface area contributed by atoms with Crippen LogP contribution in [0.15, 0.2) is 36.5 Å². The van der Waals surface area contributed by atoms with Crippen molar-refractivity contribution in [2.75, 3.05) is 18.5 Å². The van der Waals surface area contributed by atoms with Crippen LogP contribution in [0.2, 0.25) is 5.02 Å². The van der Waals surface area contributed by atoms with Gasteiger partial charge in [-0.05, 0) is 24.3 Å². The highest BCUT2D eigenvalue weighted by Crippen LogP contribution is 2.38. The number of nitrogens with zero attached hydrogens (tertiary/aromatic N) is 1. The van der Waals surface area contributed by atoms with Gasteiger partial charge >= 0.3 is 0 Å². The molecule has 0 spiro atoms. The number of pyridine rings is 1. The molecule has 3 rings (SSSR count). The Morgan fingerprint density at radius 1 is 1.24 bits per heavy atom. The zero-order valence-corrected chi connectivity index (χ0v) is 11.9. The Morgan fingerprint density at radius 3 is 2.90 bits per heavy atom. The first-order chi connectivity index (χ1) is 10.2. The fourth-order valence-corrected chi connectivity index (χ4v) is 2.25. The third-order valence-electron chi connectivity index (χ3n) is 2.97. The van der Waals surface area contributed by atoms with Crippen LogP contribution in [0.25, 0.3) is 0 Å². The van der Waals surface area contributed by atoms with E-state index in [1.165, 1.54) is 0 Å². The van der Waals surface area contributed by atoms with Gasteiger partial charge < -0.3 is 14.8 Å². The number of benzene rings is 1. The zero-order chi connectivity index (χ0) is 14.7. The van der Waals surface area contributed by atoms with Gasteiger partial charge in [0.25, 0.3) is 5.91 Å². The van der Waals surface area contributed by atoms with Crippen molar-refractivity contribution in [3.63, 3.8) is 0 Å². The summed E-state index contributed by atoms with van der Waals surface area (Å²) in [7, 11) is 0. The normalized spacial score (nSPS) is 13.4. The molecular weight excluding hydrogens is 292 g/mol. The van der Waals surface area contributed by atoms with Crippen LogP contribution in [0.5, 0.6) is 11.5 Å². The van der Waals surface area contributed by atoms with Crippen LogP contribution in [-0.4, -0.2) is 24.1 Å². The van der Waals surface area contributed by atoms with E-state index in [1.54, 1.807) is 36.5 Å². The highest BCUT2D eigenvalue weighted by atomic mass is 35.5. The highest BCUT2D eigenvalue weighted by Gasteiger charge is 2.18. The van der Waals surface area contributed by atoms with E-state index in [9.17, 15) is 4.79 Å². The third kappa shape index (κ3) is 3.08. The second kappa shape index (κ2) is 6.01. The molecule has 0 atom stereocenters. The Labute approximate surface area is 126 Å². The van der Waals surface area contributed by atoms with Gasteiger partial charge in [-0.3, -0.25) is 4.79 Å². The van der Waals surface area contributed by atoms with Crippen LogP contribution in [-0.2, 0) is 0 Å². The van der Waals surface area contributed by atoms with E-state index in [-0.39, 0.29) is 5.91 Å². The number of anilines is 1. The predicted octanol–water partition coefficient (Wildman–Crippen LogP) is 3.15. The van der Waals surface area contributed by atoms with E-state index >= 15 is 0 Å². The molecule has 0 aliphatic carbocycles. The van der Waals surface area contributed by atoms with E-state index in [1.807, 2.05) is 0 Å². The zero-order valence-electron chi connectivity index (χ0n) is 11.1. The maximum Gasteiger partial charge on any atom is 0.257 e. The Hall–Kier alpha value is -2.27. The minimum absolute atomic E-state index is 0.300. The first-order valence-electron chi connectivity index (χ1n) is 6.55. The van der Waals surface area contributed by atoms with Crippen molar-refractivity contribution in [3.05, 3.63) is 47.1 Å². The fraction of sp³-hybridized carbons (Fsp3) is 0.200. The summed E-state index contributed by atoms with van der Waals surface area (Å²) in [5.41, 5.74) is 0.398. The minimum Gasteiger partial charge on any atom is -0.489 e. The summed E-state index contributed by atoms with van der Waals surface area (Å²) in [6, 6.07) is 8.48. The van der Waals surface area contributed by atoms with Crippen LogP contribution in [0, 0.1) is 0 Å². The van der Waals surface area contributed by atoms with E-state index in [4.69, 9.17) is 21.1 Å². The summed E-state index contributed by atoms with van der Waals surface area (Å²) in [6.45, 7) is 1.08. The fourth-order valence-electron chi connectivity index (χ4n) is 1.99. The van der Waals surface area contributed by atoms with Gasteiger partial charge in [-0.2, -0.15) is 0 Å². The number of fused-ring (bicyclic) bond motifs is 1. The largest absolute Gasteiger partial charge is 0.489 e. The van der Waals surface area contributed by atoms with Gasteiger partial charge in [0.15, 0.2) is 11.5 Å². The predicted molar refractivity (Wildman–Crippen MR) is 79.2 cm³/mol. The summed E-state index contributed by atoms with van der Waals surface area (Å²) >= 11 is 6.17. The average Bonchev–Trinajstić information content (AvgIpc) is 2.74. The molecule has 0 bridgehead atoms. The number of hydrogen-bond donors (Lipinski definition) is 1. The van der Waals surface area contributed by atoms with Crippen LogP contribution < -0.4 is 14.8 Å². The van der Waals surface area contributed by atoms with Gasteiger partial charge in [0, 0.05) is 18.2 Å². The molecule has 2 aromatic rings. The topological polar surface area (TPSA) is 60.5 Å². The molecule has 6 heteroatoms. The molecule has 0 fully saturated rings. The number of carbonyl (C=O) groups is 1. The number of rotatable bonds is 2. The molecule has 1 aliphatic rings. The van der Waals surface area contributed by atoms with Crippen LogP contribution in [0.1, 0.15) is 16.8 Å². The summed E-state index contributed by atoms with van der Waals surface area (Å²) in [4.78, 5) is 16.3. The molecule has 0 saturated carbocycles. The van der Waals surface area contributed by atoms with E-state index in [0.29, 0.717) is 41.1 Å². The second-order valence-electron chi connectivity index (χ2n) is 4.50. The molecule has 108 valence electrons. The molecule has 1 aromatic heterocycles. The molecule has 2 heterocycles. The first kappa shape index (κ1) is 13.7. The molecular formula is C15H13ClN2O3. The van der Waals surface area contributed by atoms with Crippen LogP contribution >= 0.6 is 11.6 Å². The molecule has 0 radical (unpaired) electrons. The number of nitrogens with one attached hydrogen (secondary N) is 1. The lowest BCUT2D eigenvalue weighted by Crippen LogP contribution is -2.13. The van der Waals surface area contributed by atoms with Crippen molar-refractivity contribution >= 4 is 23.3 Å². The lowest BCUT2D eigenvalue weighted by Gasteiger charge is -2.11. The number of aromatic nitrogens is 1. The van der Waals surface area contributed by atoms with E-state index < -0.39 is 0 Å². The molecule has 5 nitrogen and oxygen atoms in total. The number of hydrogen-bond acceptors (Lipinski definition) is 4. The maximum atomic E-state index is 12.2. The van der Waals surface area contributed by atoms with Gasteiger partial charge in [-0.1, -0.05) is 17.7 Å². The van der Waals surface area contributed by atoms with E-state index in [2.05, 4.69) is 10.3 Å². The van der Waals surface area contributed by atoms with Crippen molar-refractivity contribution in [1.29, 1.82) is 0 Å². The van der Waals surface area contributed by atoms with Crippen LogP contribution in [0.4, 0.5) is 5.82 Å². The summed E-state index contributed by atoms with van der Waals surface area (Å²) in [6.07, 6.45) is 2.39.